The Morgan fingerprint density at radius 2 is 2.19 bits per heavy atom. The fourth-order valence-electron chi connectivity index (χ4n) is 1.54. The number of hydrogen-bond acceptors (Lipinski definition) is 3. The number of nitrogens with zero attached hydrogens (tertiary/aromatic N) is 2. The molecule has 2 N–H and O–H groups in total. The molecule has 0 saturated carbocycles. The van der Waals surface area contributed by atoms with Crippen LogP contribution in [0.1, 0.15) is 38.8 Å². The quantitative estimate of drug-likeness (QED) is 0.740. The van der Waals surface area contributed by atoms with Gasteiger partial charge in [-0.15, -0.1) is 0 Å². The number of nitrogens with one attached hydrogen (secondary N) is 1. The van der Waals surface area contributed by atoms with Crippen LogP contribution in [-0.4, -0.2) is 28.0 Å². The predicted molar refractivity (Wildman–Crippen MR) is 65.2 cm³/mol. The van der Waals surface area contributed by atoms with E-state index in [1.54, 1.807) is 0 Å². The van der Waals surface area contributed by atoms with Gasteiger partial charge in [0.25, 0.3) is 0 Å². The molecule has 0 aliphatic heterocycles. The van der Waals surface area contributed by atoms with Gasteiger partial charge in [-0.3, -0.25) is 4.68 Å². The second-order valence-corrected chi connectivity index (χ2v) is 4.67. The minimum Gasteiger partial charge on any atom is -0.396 e. The summed E-state index contributed by atoms with van der Waals surface area (Å²) < 4.78 is 1.97. The van der Waals surface area contributed by atoms with Gasteiger partial charge < -0.3 is 10.4 Å². The molecular formula is C12H23N3O. The van der Waals surface area contributed by atoms with Crippen LogP contribution in [0.3, 0.4) is 0 Å². The highest BCUT2D eigenvalue weighted by atomic mass is 16.3. The predicted octanol–water partition coefficient (Wildman–Crippen LogP) is 1.57. The van der Waals surface area contributed by atoms with Crippen molar-refractivity contribution in [2.45, 2.75) is 39.8 Å². The number of rotatable bonds is 7. The van der Waals surface area contributed by atoms with Crippen molar-refractivity contribution in [3.63, 3.8) is 0 Å². The summed E-state index contributed by atoms with van der Waals surface area (Å²) in [4.78, 5) is 0. The van der Waals surface area contributed by atoms with Crippen molar-refractivity contribution < 1.29 is 5.11 Å². The molecule has 0 spiro atoms. The Morgan fingerprint density at radius 3 is 2.75 bits per heavy atom. The van der Waals surface area contributed by atoms with Crippen molar-refractivity contribution >= 4 is 0 Å². The molecule has 92 valence electrons. The molecule has 0 radical (unpaired) electrons. The maximum absolute atomic E-state index is 8.78. The Balaban J connectivity index is 2.26. The van der Waals surface area contributed by atoms with Crippen molar-refractivity contribution in [3.8, 4) is 0 Å². The number of aliphatic hydroxyl groups excluding tert-OH is 1. The molecule has 0 amide bonds. The molecule has 1 rings (SSSR count). The highest BCUT2D eigenvalue weighted by Crippen LogP contribution is 2.05. The second-order valence-electron chi connectivity index (χ2n) is 4.67. The van der Waals surface area contributed by atoms with E-state index in [1.165, 1.54) is 5.56 Å². The van der Waals surface area contributed by atoms with E-state index in [-0.39, 0.29) is 6.61 Å². The highest BCUT2D eigenvalue weighted by Gasteiger charge is 2.03. The number of aromatic nitrogens is 2. The van der Waals surface area contributed by atoms with Crippen molar-refractivity contribution in [1.82, 2.24) is 15.1 Å². The van der Waals surface area contributed by atoms with Crippen molar-refractivity contribution in [2.75, 3.05) is 13.2 Å². The van der Waals surface area contributed by atoms with Gasteiger partial charge >= 0.3 is 0 Å². The molecule has 1 aromatic heterocycles. The van der Waals surface area contributed by atoms with Crippen LogP contribution in [0.2, 0.25) is 0 Å². The maximum atomic E-state index is 8.78. The van der Waals surface area contributed by atoms with Crippen LogP contribution in [0.4, 0.5) is 0 Å². The Hall–Kier alpha value is -0.870. The molecule has 4 nitrogen and oxygen atoms in total. The summed E-state index contributed by atoms with van der Waals surface area (Å²) in [5, 5.41) is 16.4. The number of hydrogen-bond donors (Lipinski definition) is 2. The topological polar surface area (TPSA) is 50.1 Å². The molecule has 0 aliphatic rings. The van der Waals surface area contributed by atoms with Crippen LogP contribution in [0, 0.1) is 5.92 Å². The number of aliphatic hydroxyl groups is 1. The first-order valence-corrected chi connectivity index (χ1v) is 5.98. The molecule has 0 fully saturated rings. The van der Waals surface area contributed by atoms with Crippen molar-refractivity contribution in [1.29, 1.82) is 0 Å². The fourth-order valence-corrected chi connectivity index (χ4v) is 1.54. The van der Waals surface area contributed by atoms with E-state index < -0.39 is 0 Å². The van der Waals surface area contributed by atoms with Gasteiger partial charge in [-0.2, -0.15) is 5.10 Å². The summed E-state index contributed by atoms with van der Waals surface area (Å²) in [6.45, 7) is 8.44. The first-order valence-electron chi connectivity index (χ1n) is 5.98. The minimum atomic E-state index is 0.272. The van der Waals surface area contributed by atoms with Gasteiger partial charge in [-0.05, 0) is 32.7 Å². The largest absolute Gasteiger partial charge is 0.396 e. The summed E-state index contributed by atoms with van der Waals surface area (Å²) in [6.07, 6.45) is 4.84. The van der Waals surface area contributed by atoms with Gasteiger partial charge in [-0.25, -0.2) is 0 Å². The summed E-state index contributed by atoms with van der Waals surface area (Å²) >= 11 is 0. The lowest BCUT2D eigenvalue weighted by Gasteiger charge is -2.10. The Kier molecular flexibility index (Phi) is 5.49. The van der Waals surface area contributed by atoms with Gasteiger partial charge in [0.15, 0.2) is 0 Å². The SMILES string of the molecule is CC(CCO)CNCc1cnn(C(C)C)c1. The highest BCUT2D eigenvalue weighted by molar-refractivity contribution is 5.03. The molecular weight excluding hydrogens is 202 g/mol. The van der Waals surface area contributed by atoms with E-state index in [2.05, 4.69) is 37.4 Å². The first kappa shape index (κ1) is 13.2. The summed E-state index contributed by atoms with van der Waals surface area (Å²) in [5.41, 5.74) is 1.21. The third-order valence-corrected chi connectivity index (χ3v) is 2.63. The van der Waals surface area contributed by atoms with Crippen LogP contribution in [0.15, 0.2) is 12.4 Å². The third-order valence-electron chi connectivity index (χ3n) is 2.63. The van der Waals surface area contributed by atoms with E-state index in [0.717, 1.165) is 19.5 Å². The van der Waals surface area contributed by atoms with Crippen LogP contribution in [0.25, 0.3) is 0 Å². The monoisotopic (exact) mass is 225 g/mol. The summed E-state index contributed by atoms with van der Waals surface area (Å²) in [5.74, 6) is 0.519. The van der Waals surface area contributed by atoms with Gasteiger partial charge in [0, 0.05) is 31.0 Å². The van der Waals surface area contributed by atoms with Gasteiger partial charge in [0.05, 0.1) is 6.20 Å². The van der Waals surface area contributed by atoms with Gasteiger partial charge in [0.1, 0.15) is 0 Å². The van der Waals surface area contributed by atoms with Gasteiger partial charge in [0.2, 0.25) is 0 Å². The van der Waals surface area contributed by atoms with E-state index in [1.807, 2.05) is 10.9 Å². The molecule has 0 aliphatic carbocycles. The van der Waals surface area contributed by atoms with E-state index in [0.29, 0.717) is 12.0 Å². The average Bonchev–Trinajstić information content (AvgIpc) is 2.67. The Morgan fingerprint density at radius 1 is 1.44 bits per heavy atom. The van der Waals surface area contributed by atoms with E-state index in [9.17, 15) is 0 Å². The smallest absolute Gasteiger partial charge is 0.0534 e. The van der Waals surface area contributed by atoms with Gasteiger partial charge in [-0.1, -0.05) is 6.92 Å². The van der Waals surface area contributed by atoms with Crippen LogP contribution in [-0.2, 0) is 6.54 Å². The molecule has 16 heavy (non-hydrogen) atoms. The molecule has 0 aromatic carbocycles. The molecule has 4 heteroatoms. The van der Waals surface area contributed by atoms with E-state index >= 15 is 0 Å². The zero-order chi connectivity index (χ0) is 12.0. The summed E-state index contributed by atoms with van der Waals surface area (Å²) in [6, 6.07) is 0.419. The van der Waals surface area contributed by atoms with Crippen molar-refractivity contribution in [3.05, 3.63) is 18.0 Å². The Labute approximate surface area is 97.7 Å². The molecule has 0 bridgehead atoms. The maximum Gasteiger partial charge on any atom is 0.0534 e. The second kappa shape index (κ2) is 6.66. The molecule has 1 heterocycles. The van der Waals surface area contributed by atoms with E-state index in [4.69, 9.17) is 5.11 Å². The fraction of sp³-hybridized carbons (Fsp3) is 0.750. The third kappa shape index (κ3) is 4.33. The lowest BCUT2D eigenvalue weighted by molar-refractivity contribution is 0.260. The molecule has 0 saturated heterocycles. The minimum absolute atomic E-state index is 0.272. The lowest BCUT2D eigenvalue weighted by atomic mass is 10.1. The average molecular weight is 225 g/mol. The normalized spacial score (nSPS) is 13.3. The lowest BCUT2D eigenvalue weighted by Crippen LogP contribution is -2.21. The Bertz CT molecular complexity index is 296. The standard InChI is InChI=1S/C12H23N3O/c1-10(2)15-9-12(8-14-15)7-13-6-11(3)4-5-16/h8-11,13,16H,4-7H2,1-3H3. The molecule has 1 atom stereocenters. The van der Waals surface area contributed by atoms with Crippen LogP contribution >= 0.6 is 0 Å². The zero-order valence-corrected chi connectivity index (χ0v) is 10.5. The van der Waals surface area contributed by atoms with Crippen LogP contribution in [0.5, 0.6) is 0 Å². The van der Waals surface area contributed by atoms with Crippen LogP contribution < -0.4 is 5.32 Å². The van der Waals surface area contributed by atoms with Crippen molar-refractivity contribution in [2.24, 2.45) is 5.92 Å². The molecule has 1 aromatic rings. The summed E-state index contributed by atoms with van der Waals surface area (Å²) in [7, 11) is 0. The first-order chi connectivity index (χ1) is 7.63. The zero-order valence-electron chi connectivity index (χ0n) is 10.5. The molecule has 1 unspecified atom stereocenters.